The first-order valence-corrected chi connectivity index (χ1v) is 6.78. The molecule has 3 nitrogen and oxygen atoms in total. The minimum absolute atomic E-state index is 0.00839. The molecule has 21 heavy (non-hydrogen) atoms. The molecule has 110 valence electrons. The predicted molar refractivity (Wildman–Crippen MR) is 72.8 cm³/mol. The van der Waals surface area contributed by atoms with Crippen molar-refractivity contribution in [1.82, 2.24) is 9.97 Å². The summed E-state index contributed by atoms with van der Waals surface area (Å²) in [4.78, 5) is 6.84. The molecule has 1 unspecified atom stereocenters. The van der Waals surface area contributed by atoms with E-state index in [1.807, 2.05) is 18.2 Å². The van der Waals surface area contributed by atoms with Crippen LogP contribution in [0.15, 0.2) is 36.5 Å². The van der Waals surface area contributed by atoms with Crippen molar-refractivity contribution in [3.05, 3.63) is 53.5 Å². The minimum atomic E-state index is -4.53. The second kappa shape index (κ2) is 5.35. The van der Waals surface area contributed by atoms with Gasteiger partial charge in [0.05, 0.1) is 6.04 Å². The number of rotatable bonds is 2. The van der Waals surface area contributed by atoms with Crippen LogP contribution >= 0.6 is 0 Å². The summed E-state index contributed by atoms with van der Waals surface area (Å²) in [5.41, 5.74) is 2.38. The SMILES string of the molecule is FC(F)(F)c1nccc(NC2CCCc3ccccc32)n1. The Morgan fingerprint density at radius 3 is 2.76 bits per heavy atom. The topological polar surface area (TPSA) is 37.8 Å². The van der Waals surface area contributed by atoms with Gasteiger partial charge in [-0.15, -0.1) is 0 Å². The standard InChI is InChI=1S/C15H14F3N3/c16-15(17,18)14-19-9-8-13(21-14)20-12-7-3-5-10-4-1-2-6-11(10)12/h1-2,4,6,8-9,12H,3,5,7H2,(H,19,20,21). The molecule has 6 heteroatoms. The van der Waals surface area contributed by atoms with E-state index in [9.17, 15) is 13.2 Å². The zero-order valence-electron chi connectivity index (χ0n) is 11.2. The molecule has 3 rings (SSSR count). The van der Waals surface area contributed by atoms with Gasteiger partial charge in [0.25, 0.3) is 0 Å². The van der Waals surface area contributed by atoms with Crippen LogP contribution in [0.1, 0.15) is 35.8 Å². The quantitative estimate of drug-likeness (QED) is 0.910. The molecule has 0 radical (unpaired) electrons. The van der Waals surface area contributed by atoms with Gasteiger partial charge in [-0.3, -0.25) is 0 Å². The van der Waals surface area contributed by atoms with Gasteiger partial charge >= 0.3 is 6.18 Å². The average Bonchev–Trinajstić information content (AvgIpc) is 2.47. The number of alkyl halides is 3. The number of halogens is 3. The van der Waals surface area contributed by atoms with Crippen molar-refractivity contribution in [2.24, 2.45) is 0 Å². The normalized spacial score (nSPS) is 18.1. The van der Waals surface area contributed by atoms with Crippen LogP contribution in [-0.2, 0) is 12.6 Å². The fourth-order valence-electron chi connectivity index (χ4n) is 2.66. The van der Waals surface area contributed by atoms with Gasteiger partial charge in [0.1, 0.15) is 5.82 Å². The molecule has 1 heterocycles. The molecule has 2 aromatic rings. The second-order valence-electron chi connectivity index (χ2n) is 5.05. The summed E-state index contributed by atoms with van der Waals surface area (Å²) in [5.74, 6) is -0.907. The molecule has 1 atom stereocenters. The highest BCUT2D eigenvalue weighted by Gasteiger charge is 2.34. The highest BCUT2D eigenvalue weighted by molar-refractivity contribution is 5.41. The molecule has 0 spiro atoms. The van der Waals surface area contributed by atoms with Crippen molar-refractivity contribution in [3.8, 4) is 0 Å². The maximum atomic E-state index is 12.6. The number of aryl methyl sites for hydroxylation is 1. The summed E-state index contributed by atoms with van der Waals surface area (Å²) >= 11 is 0. The maximum Gasteiger partial charge on any atom is 0.451 e. The van der Waals surface area contributed by atoms with Gasteiger partial charge in [-0.25, -0.2) is 9.97 Å². The summed E-state index contributed by atoms with van der Waals surface area (Å²) in [6.07, 6.45) is -0.505. The van der Waals surface area contributed by atoms with Crippen molar-refractivity contribution in [1.29, 1.82) is 0 Å². The van der Waals surface area contributed by atoms with Gasteiger partial charge < -0.3 is 5.32 Å². The van der Waals surface area contributed by atoms with Crippen LogP contribution in [0.2, 0.25) is 0 Å². The summed E-state index contributed by atoms with van der Waals surface area (Å²) in [5, 5.41) is 3.10. The molecule has 0 aliphatic heterocycles. The maximum absolute atomic E-state index is 12.6. The van der Waals surface area contributed by atoms with E-state index in [1.54, 1.807) is 0 Å². The summed E-state index contributed by atoms with van der Waals surface area (Å²) in [6, 6.07) is 9.45. The van der Waals surface area contributed by atoms with E-state index in [0.29, 0.717) is 0 Å². The fraction of sp³-hybridized carbons (Fsp3) is 0.333. The van der Waals surface area contributed by atoms with E-state index in [4.69, 9.17) is 0 Å². The lowest BCUT2D eigenvalue weighted by molar-refractivity contribution is -0.144. The van der Waals surface area contributed by atoms with E-state index in [-0.39, 0.29) is 11.9 Å². The van der Waals surface area contributed by atoms with Gasteiger partial charge in [0.2, 0.25) is 5.82 Å². The molecule has 1 aromatic carbocycles. The zero-order valence-corrected chi connectivity index (χ0v) is 11.2. The Labute approximate surface area is 120 Å². The number of nitrogens with zero attached hydrogens (tertiary/aromatic N) is 2. The van der Waals surface area contributed by atoms with E-state index in [2.05, 4.69) is 21.4 Å². The Hall–Kier alpha value is -2.11. The van der Waals surface area contributed by atoms with Crippen molar-refractivity contribution >= 4 is 5.82 Å². The highest BCUT2D eigenvalue weighted by atomic mass is 19.4. The van der Waals surface area contributed by atoms with Gasteiger partial charge in [-0.1, -0.05) is 24.3 Å². The average molecular weight is 293 g/mol. The number of hydrogen-bond acceptors (Lipinski definition) is 3. The predicted octanol–water partition coefficient (Wildman–Crippen LogP) is 3.98. The first-order valence-electron chi connectivity index (χ1n) is 6.78. The number of anilines is 1. The first-order chi connectivity index (χ1) is 10.0. The molecular formula is C15H14F3N3. The Morgan fingerprint density at radius 2 is 1.95 bits per heavy atom. The molecule has 0 fully saturated rings. The third-order valence-corrected chi connectivity index (χ3v) is 3.60. The molecule has 0 saturated carbocycles. The van der Waals surface area contributed by atoms with Crippen LogP contribution in [0.4, 0.5) is 19.0 Å². The molecule has 1 N–H and O–H groups in total. The molecule has 0 saturated heterocycles. The Morgan fingerprint density at radius 1 is 1.14 bits per heavy atom. The smallest absolute Gasteiger partial charge is 0.363 e. The van der Waals surface area contributed by atoms with Crippen molar-refractivity contribution < 1.29 is 13.2 Å². The second-order valence-corrected chi connectivity index (χ2v) is 5.05. The van der Waals surface area contributed by atoms with Crippen molar-refractivity contribution in [2.75, 3.05) is 5.32 Å². The molecule has 1 aliphatic carbocycles. The Balaban J connectivity index is 1.85. The summed E-state index contributed by atoms with van der Waals surface area (Å²) in [7, 11) is 0. The van der Waals surface area contributed by atoms with E-state index < -0.39 is 12.0 Å². The minimum Gasteiger partial charge on any atom is -0.363 e. The summed E-state index contributed by atoms with van der Waals surface area (Å²) < 4.78 is 37.9. The number of nitrogens with one attached hydrogen (secondary N) is 1. The van der Waals surface area contributed by atoms with Crippen LogP contribution in [0, 0.1) is 0 Å². The molecular weight excluding hydrogens is 279 g/mol. The van der Waals surface area contributed by atoms with Gasteiger partial charge in [0.15, 0.2) is 0 Å². The van der Waals surface area contributed by atoms with Gasteiger partial charge in [-0.05, 0) is 36.5 Å². The molecule has 0 amide bonds. The van der Waals surface area contributed by atoms with Crippen LogP contribution in [0.3, 0.4) is 0 Å². The van der Waals surface area contributed by atoms with Crippen LogP contribution in [0.5, 0.6) is 0 Å². The number of aromatic nitrogens is 2. The van der Waals surface area contributed by atoms with Gasteiger partial charge in [-0.2, -0.15) is 13.2 Å². The lowest BCUT2D eigenvalue weighted by Crippen LogP contribution is -2.19. The van der Waals surface area contributed by atoms with Crippen LogP contribution in [-0.4, -0.2) is 9.97 Å². The van der Waals surface area contributed by atoms with Crippen molar-refractivity contribution in [3.63, 3.8) is 0 Å². The molecule has 1 aliphatic rings. The van der Waals surface area contributed by atoms with E-state index in [1.165, 1.54) is 11.6 Å². The Kier molecular flexibility index (Phi) is 3.53. The van der Waals surface area contributed by atoms with Crippen LogP contribution in [0.25, 0.3) is 0 Å². The number of hydrogen-bond donors (Lipinski definition) is 1. The fourth-order valence-corrected chi connectivity index (χ4v) is 2.66. The molecule has 0 bridgehead atoms. The Bertz CT molecular complexity index is 640. The summed E-state index contributed by atoms with van der Waals surface area (Å²) in [6.45, 7) is 0. The largest absolute Gasteiger partial charge is 0.451 e. The first kappa shape index (κ1) is 13.9. The lowest BCUT2D eigenvalue weighted by atomic mass is 9.88. The van der Waals surface area contributed by atoms with Gasteiger partial charge in [0, 0.05) is 6.20 Å². The van der Waals surface area contributed by atoms with E-state index >= 15 is 0 Å². The monoisotopic (exact) mass is 293 g/mol. The third kappa shape index (κ3) is 2.99. The highest BCUT2D eigenvalue weighted by Crippen LogP contribution is 2.32. The lowest BCUT2D eigenvalue weighted by Gasteiger charge is -2.26. The van der Waals surface area contributed by atoms with Crippen LogP contribution < -0.4 is 5.32 Å². The third-order valence-electron chi connectivity index (χ3n) is 3.60. The van der Waals surface area contributed by atoms with Crippen molar-refractivity contribution in [2.45, 2.75) is 31.5 Å². The number of fused-ring (bicyclic) bond motifs is 1. The number of benzene rings is 1. The zero-order chi connectivity index (χ0) is 14.9. The molecule has 1 aromatic heterocycles. The van der Waals surface area contributed by atoms with E-state index in [0.717, 1.165) is 31.0 Å².